The Bertz CT molecular complexity index is 2090. The summed E-state index contributed by atoms with van der Waals surface area (Å²) < 4.78 is 0. The predicted octanol–water partition coefficient (Wildman–Crippen LogP) is 11.9. The number of aromatic hydroxyl groups is 4. The predicted molar refractivity (Wildman–Crippen MR) is 263 cm³/mol. The van der Waals surface area contributed by atoms with Crippen molar-refractivity contribution in [3.05, 3.63) is 105 Å². The van der Waals surface area contributed by atoms with Crippen LogP contribution in [0.3, 0.4) is 0 Å². The van der Waals surface area contributed by atoms with Crippen LogP contribution in [0.1, 0.15) is 193 Å². The molecule has 0 atom stereocenters. The van der Waals surface area contributed by atoms with Crippen LogP contribution in [-0.2, 0) is 55.0 Å². The van der Waals surface area contributed by atoms with E-state index >= 15 is 0 Å². The van der Waals surface area contributed by atoms with Crippen LogP contribution in [0.4, 0.5) is 11.4 Å². The van der Waals surface area contributed by atoms with E-state index < -0.39 is 34.9 Å². The van der Waals surface area contributed by atoms with Crippen LogP contribution in [0.2, 0.25) is 0 Å². The minimum absolute atomic E-state index is 0. The van der Waals surface area contributed by atoms with Gasteiger partial charge in [-0.25, -0.2) is 0 Å². The van der Waals surface area contributed by atoms with Gasteiger partial charge in [0, 0.05) is 11.1 Å². The molecule has 0 spiro atoms. The van der Waals surface area contributed by atoms with Gasteiger partial charge in [0.25, 0.3) is 0 Å². The molecule has 0 aliphatic heterocycles. The second-order valence-corrected chi connectivity index (χ2v) is 16.6. The van der Waals surface area contributed by atoms with Gasteiger partial charge in [-0.2, -0.15) is 0 Å². The van der Waals surface area contributed by atoms with Crippen LogP contribution in [0, 0.1) is 0 Å². The Kier molecular flexibility index (Phi) is 29.0. The number of aryl methyl sites for hydroxylation is 6. The number of aromatic carboxylic acids is 2. The summed E-state index contributed by atoms with van der Waals surface area (Å²) in [6.07, 6.45) is 19.8. The van der Waals surface area contributed by atoms with Gasteiger partial charge in [-0.3, -0.25) is 9.98 Å². The average Bonchev–Trinajstić information content (AvgIpc) is 3.27. The fourth-order valence-corrected chi connectivity index (χ4v) is 7.78. The zero-order valence-electron chi connectivity index (χ0n) is 40.8. The number of carboxylic acids is 2. The maximum Gasteiger partial charge on any atom is 2.00 e. The molecular formula is C55H76N2NiO8. The van der Waals surface area contributed by atoms with E-state index in [0.29, 0.717) is 24.0 Å². The van der Waals surface area contributed by atoms with Crippen LogP contribution in [-0.4, -0.2) is 43.8 Å². The Hall–Kier alpha value is -5.15. The Morgan fingerprint density at radius 2 is 0.742 bits per heavy atom. The normalized spacial score (nSPS) is 11.2. The van der Waals surface area contributed by atoms with E-state index in [9.17, 15) is 30.0 Å². The van der Waals surface area contributed by atoms with Gasteiger partial charge in [-0.15, -0.1) is 0 Å². The van der Waals surface area contributed by atoms with Gasteiger partial charge in [0.15, 0.2) is 23.0 Å². The van der Waals surface area contributed by atoms with Crippen molar-refractivity contribution in [2.24, 2.45) is 9.98 Å². The molecular weight excluding hydrogens is 875 g/mol. The molecule has 0 saturated carbocycles. The van der Waals surface area contributed by atoms with Gasteiger partial charge in [-0.1, -0.05) is 137 Å². The van der Waals surface area contributed by atoms with Gasteiger partial charge in [0.1, 0.15) is 0 Å². The van der Waals surface area contributed by atoms with Crippen LogP contribution >= 0.6 is 0 Å². The van der Waals surface area contributed by atoms with Gasteiger partial charge in [0.2, 0.25) is 0 Å². The Labute approximate surface area is 405 Å². The number of carbonyl (C=O) groups excluding carboxylic acids is 2. The van der Waals surface area contributed by atoms with Crippen molar-refractivity contribution in [2.75, 3.05) is 0 Å². The largest absolute Gasteiger partial charge is 2.00 e. The Balaban J connectivity index is 0.000000610. The molecule has 4 aromatic rings. The molecule has 0 bridgehead atoms. The number of aliphatic imine (C=N–C) groups is 2. The van der Waals surface area contributed by atoms with Crippen molar-refractivity contribution in [3.8, 4) is 23.0 Å². The quantitative estimate of drug-likeness (QED) is 0.0231. The van der Waals surface area contributed by atoms with Crippen LogP contribution < -0.4 is 10.2 Å². The van der Waals surface area contributed by atoms with Crippen molar-refractivity contribution >= 4 is 34.7 Å². The summed E-state index contributed by atoms with van der Waals surface area (Å²) in [5, 5.41) is 58.2. The topological polar surface area (TPSA) is 186 Å². The SMILES string of the molecule is CCCCCC(=Nc1ccc(CCC)c(CCC)c1)C(CCCC)=Nc1ccc(CCC)c(CCC)c1.CCCc1ccc(O)c(O)c1C(=O)[O-].CCCc1ccc(O)c(O)c1C(=O)[O-].[Ni+2]. The van der Waals surface area contributed by atoms with Gasteiger partial charge >= 0.3 is 16.5 Å². The van der Waals surface area contributed by atoms with E-state index in [1.165, 1.54) is 109 Å². The second kappa shape index (κ2) is 32.5. The van der Waals surface area contributed by atoms with E-state index in [1.54, 1.807) is 0 Å². The van der Waals surface area contributed by atoms with Crippen molar-refractivity contribution in [2.45, 2.75) is 177 Å². The number of phenolic OH excluding ortho intramolecular Hbond substituents is 2. The van der Waals surface area contributed by atoms with Gasteiger partial charge in [-0.05, 0) is 134 Å². The van der Waals surface area contributed by atoms with Crippen LogP contribution in [0.5, 0.6) is 23.0 Å². The summed E-state index contributed by atoms with van der Waals surface area (Å²) in [5.41, 5.74) is 10.8. The van der Waals surface area contributed by atoms with Crippen molar-refractivity contribution in [3.63, 3.8) is 0 Å². The third kappa shape index (κ3) is 19.0. The number of rotatable bonds is 24. The average molecular weight is 952 g/mol. The molecule has 4 N–H and O–H groups in total. The van der Waals surface area contributed by atoms with Crippen LogP contribution in [0.25, 0.3) is 0 Å². The summed E-state index contributed by atoms with van der Waals surface area (Å²) in [6.45, 7) is 17.4. The molecule has 10 nitrogen and oxygen atoms in total. The smallest absolute Gasteiger partial charge is 0.545 e. The number of hydrogen-bond donors (Lipinski definition) is 4. The maximum atomic E-state index is 10.7. The molecule has 0 amide bonds. The fourth-order valence-electron chi connectivity index (χ4n) is 7.78. The number of carboxylic acid groups (broad SMARTS) is 2. The summed E-state index contributed by atoms with van der Waals surface area (Å²) in [6, 6.07) is 19.3. The molecule has 0 heterocycles. The first-order valence-corrected chi connectivity index (χ1v) is 24.1. The molecule has 0 radical (unpaired) electrons. The number of carbonyl (C=O) groups is 2. The summed E-state index contributed by atoms with van der Waals surface area (Å²) in [7, 11) is 0. The summed E-state index contributed by atoms with van der Waals surface area (Å²) in [4.78, 5) is 32.0. The van der Waals surface area contributed by atoms with Crippen LogP contribution in [0.15, 0.2) is 70.6 Å². The molecule has 0 aliphatic carbocycles. The molecule has 0 saturated heterocycles. The number of phenols is 4. The fraction of sp³-hybridized carbons (Fsp3) is 0.491. The monoisotopic (exact) mass is 950 g/mol. The minimum atomic E-state index is -1.47. The molecule has 66 heavy (non-hydrogen) atoms. The van der Waals surface area contributed by atoms with Crippen molar-refractivity contribution in [1.29, 1.82) is 0 Å². The first-order valence-electron chi connectivity index (χ1n) is 24.1. The summed E-state index contributed by atoms with van der Waals surface area (Å²) in [5.74, 6) is -5.05. The first kappa shape index (κ1) is 58.9. The zero-order valence-corrected chi connectivity index (χ0v) is 41.8. The van der Waals surface area contributed by atoms with Gasteiger partial charge in [0.05, 0.1) is 34.7 Å². The molecule has 0 aliphatic rings. The standard InChI is InChI=1S/C35H54N2.2C10H12O4.Ni/c1-7-13-15-21-35(37-33-25-23-29(17-10-4)31(27-33)19-12-6)34(20-14-8-2)36-32-24-22-28(16-9-3)30(26-32)18-11-5;2*1-2-3-6-4-5-7(11)9(12)8(6)10(13)14;/h22-27H,7-21H2,1-6H3;2*4-5,11-12H,2-3H2,1H3,(H,13,14);/q;;;+2/p-2. The third-order valence-electron chi connectivity index (χ3n) is 11.0. The van der Waals surface area contributed by atoms with E-state index in [0.717, 1.165) is 69.2 Å². The van der Waals surface area contributed by atoms with E-state index in [4.69, 9.17) is 20.2 Å². The number of benzene rings is 4. The number of nitrogens with zero attached hydrogens (tertiary/aromatic N) is 2. The van der Waals surface area contributed by atoms with Crippen molar-refractivity contribution < 1.29 is 56.7 Å². The third-order valence-corrected chi connectivity index (χ3v) is 11.0. The first-order chi connectivity index (χ1) is 31.2. The van der Waals surface area contributed by atoms with E-state index in [2.05, 4.69) is 77.9 Å². The molecule has 364 valence electrons. The Morgan fingerprint density at radius 3 is 1.08 bits per heavy atom. The second-order valence-electron chi connectivity index (χ2n) is 16.6. The number of unbranched alkanes of at least 4 members (excludes halogenated alkanes) is 3. The van der Waals surface area contributed by atoms with E-state index in [1.807, 2.05) is 13.8 Å². The van der Waals surface area contributed by atoms with E-state index in [-0.39, 0.29) is 27.6 Å². The summed E-state index contributed by atoms with van der Waals surface area (Å²) >= 11 is 0. The zero-order chi connectivity index (χ0) is 48.3. The Morgan fingerprint density at radius 1 is 0.424 bits per heavy atom. The molecule has 0 fully saturated rings. The molecule has 0 aromatic heterocycles. The maximum absolute atomic E-state index is 10.7. The molecule has 4 aromatic carbocycles. The molecule has 11 heteroatoms. The molecule has 4 rings (SSSR count). The van der Waals surface area contributed by atoms with Crippen molar-refractivity contribution in [1.82, 2.24) is 0 Å². The van der Waals surface area contributed by atoms with Gasteiger partial charge < -0.3 is 40.2 Å². The molecule has 0 unspecified atom stereocenters. The number of hydrogen-bond acceptors (Lipinski definition) is 10. The minimum Gasteiger partial charge on any atom is -0.545 e.